The van der Waals surface area contributed by atoms with Gasteiger partial charge >= 0.3 is 0 Å². The molecule has 1 heterocycles. The van der Waals surface area contributed by atoms with E-state index in [-0.39, 0.29) is 17.6 Å². The monoisotopic (exact) mass is 276 g/mol. The molecule has 20 heavy (non-hydrogen) atoms. The van der Waals surface area contributed by atoms with Crippen LogP contribution in [0.5, 0.6) is 5.75 Å². The van der Waals surface area contributed by atoms with Crippen LogP contribution >= 0.6 is 0 Å². The molecule has 5 heteroatoms. The maximum Gasteiger partial charge on any atom is 0.252 e. The maximum absolute atomic E-state index is 12.2. The fraction of sp³-hybridized carbons (Fsp3) is 0.467. The van der Waals surface area contributed by atoms with E-state index in [1.165, 1.54) is 6.07 Å². The maximum atomic E-state index is 12.2. The Morgan fingerprint density at radius 1 is 1.30 bits per heavy atom. The molecule has 1 aromatic rings. The predicted octanol–water partition coefficient (Wildman–Crippen LogP) is 1.44. The molecule has 0 bridgehead atoms. The average Bonchev–Trinajstić information content (AvgIpc) is 2.94. The van der Waals surface area contributed by atoms with Gasteiger partial charge in [-0.05, 0) is 38.8 Å². The molecule has 1 aliphatic rings. The molecule has 1 saturated heterocycles. The van der Waals surface area contributed by atoms with Gasteiger partial charge in [-0.3, -0.25) is 9.59 Å². The molecule has 2 N–H and O–H groups in total. The second-order valence-electron chi connectivity index (χ2n) is 5.18. The van der Waals surface area contributed by atoms with E-state index in [2.05, 4.69) is 5.32 Å². The van der Waals surface area contributed by atoms with Gasteiger partial charge in [-0.15, -0.1) is 0 Å². The Balaban J connectivity index is 2.03. The Morgan fingerprint density at radius 2 is 1.95 bits per heavy atom. The number of nitrogens with one attached hydrogen (secondary N) is 1. The first kappa shape index (κ1) is 14.4. The van der Waals surface area contributed by atoms with Gasteiger partial charge in [-0.25, -0.2) is 0 Å². The van der Waals surface area contributed by atoms with E-state index >= 15 is 0 Å². The van der Waals surface area contributed by atoms with Crippen molar-refractivity contribution in [3.63, 3.8) is 0 Å². The zero-order valence-electron chi connectivity index (χ0n) is 11.8. The molecule has 0 spiro atoms. The third-order valence-corrected chi connectivity index (χ3v) is 3.69. The van der Waals surface area contributed by atoms with Gasteiger partial charge in [-0.1, -0.05) is 6.07 Å². The number of benzene rings is 1. The van der Waals surface area contributed by atoms with E-state index in [1.807, 2.05) is 0 Å². The highest BCUT2D eigenvalue weighted by Crippen LogP contribution is 2.19. The number of phenols is 1. The Kier molecular flexibility index (Phi) is 4.27. The van der Waals surface area contributed by atoms with Crippen LogP contribution in [0.2, 0.25) is 0 Å². The molecule has 1 atom stereocenters. The summed E-state index contributed by atoms with van der Waals surface area (Å²) in [6.07, 6.45) is 2.05. The van der Waals surface area contributed by atoms with E-state index in [9.17, 15) is 14.7 Å². The van der Waals surface area contributed by atoms with Crippen LogP contribution in [0.15, 0.2) is 18.2 Å². The summed E-state index contributed by atoms with van der Waals surface area (Å²) >= 11 is 0. The number of phenolic OH excluding ortho intramolecular Hbond substituents is 1. The van der Waals surface area contributed by atoms with Gasteiger partial charge in [0.05, 0.1) is 0 Å². The van der Waals surface area contributed by atoms with Crippen LogP contribution in [-0.4, -0.2) is 41.0 Å². The molecule has 0 aromatic heterocycles. The van der Waals surface area contributed by atoms with Crippen molar-refractivity contribution >= 4 is 11.8 Å². The van der Waals surface area contributed by atoms with E-state index in [4.69, 9.17) is 0 Å². The van der Waals surface area contributed by atoms with Crippen molar-refractivity contribution < 1.29 is 14.7 Å². The molecular formula is C15H20N2O3. The second kappa shape index (κ2) is 5.94. The number of rotatable bonds is 3. The fourth-order valence-electron chi connectivity index (χ4n) is 2.42. The SMILES string of the molecule is Cc1c(O)cccc1C(=O)NC(C)C(=O)N1CCCC1. The lowest BCUT2D eigenvalue weighted by Crippen LogP contribution is -2.46. The van der Waals surface area contributed by atoms with Crippen LogP contribution in [-0.2, 0) is 4.79 Å². The molecule has 0 radical (unpaired) electrons. The minimum atomic E-state index is -0.553. The van der Waals surface area contributed by atoms with Crippen molar-refractivity contribution in [3.05, 3.63) is 29.3 Å². The van der Waals surface area contributed by atoms with Gasteiger partial charge in [0.2, 0.25) is 5.91 Å². The molecule has 2 rings (SSSR count). The summed E-state index contributed by atoms with van der Waals surface area (Å²) in [6, 6.07) is 4.23. The Morgan fingerprint density at radius 3 is 2.60 bits per heavy atom. The van der Waals surface area contributed by atoms with Gasteiger partial charge in [0.15, 0.2) is 0 Å². The highest BCUT2D eigenvalue weighted by Gasteiger charge is 2.25. The summed E-state index contributed by atoms with van der Waals surface area (Å²) in [4.78, 5) is 26.1. The van der Waals surface area contributed by atoms with Gasteiger partial charge in [0, 0.05) is 24.2 Å². The fourth-order valence-corrected chi connectivity index (χ4v) is 2.42. The number of hydrogen-bond acceptors (Lipinski definition) is 3. The van der Waals surface area contributed by atoms with Gasteiger partial charge in [-0.2, -0.15) is 0 Å². The number of likely N-dealkylation sites (tertiary alicyclic amines) is 1. The third-order valence-electron chi connectivity index (χ3n) is 3.69. The predicted molar refractivity (Wildman–Crippen MR) is 75.6 cm³/mol. The van der Waals surface area contributed by atoms with E-state index in [0.29, 0.717) is 11.1 Å². The topological polar surface area (TPSA) is 69.6 Å². The molecule has 5 nitrogen and oxygen atoms in total. The summed E-state index contributed by atoms with van der Waals surface area (Å²) in [5, 5.41) is 12.3. The van der Waals surface area contributed by atoms with Gasteiger partial charge in [0.25, 0.3) is 5.91 Å². The lowest BCUT2D eigenvalue weighted by atomic mass is 10.1. The van der Waals surface area contributed by atoms with E-state index in [0.717, 1.165) is 25.9 Å². The van der Waals surface area contributed by atoms with Crippen molar-refractivity contribution in [1.82, 2.24) is 10.2 Å². The lowest BCUT2D eigenvalue weighted by molar-refractivity contribution is -0.131. The summed E-state index contributed by atoms with van der Waals surface area (Å²) in [5.41, 5.74) is 0.914. The summed E-state index contributed by atoms with van der Waals surface area (Å²) in [6.45, 7) is 4.91. The quantitative estimate of drug-likeness (QED) is 0.877. The van der Waals surface area contributed by atoms with Crippen LogP contribution in [0.3, 0.4) is 0 Å². The molecule has 1 fully saturated rings. The van der Waals surface area contributed by atoms with Crippen molar-refractivity contribution in [2.24, 2.45) is 0 Å². The first-order valence-corrected chi connectivity index (χ1v) is 6.89. The number of hydrogen-bond donors (Lipinski definition) is 2. The second-order valence-corrected chi connectivity index (χ2v) is 5.18. The van der Waals surface area contributed by atoms with E-state index in [1.54, 1.807) is 30.9 Å². The number of amides is 2. The Labute approximate surface area is 118 Å². The standard InChI is InChI=1S/C15H20N2O3/c1-10-12(6-5-7-13(10)18)14(19)16-11(2)15(20)17-8-3-4-9-17/h5-7,11,18H,3-4,8-9H2,1-2H3,(H,16,19). The first-order valence-electron chi connectivity index (χ1n) is 6.89. The van der Waals surface area contributed by atoms with Gasteiger partial charge < -0.3 is 15.3 Å². The van der Waals surface area contributed by atoms with Crippen molar-refractivity contribution in [2.45, 2.75) is 32.7 Å². The average molecular weight is 276 g/mol. The molecule has 0 aliphatic carbocycles. The molecule has 1 aliphatic heterocycles. The summed E-state index contributed by atoms with van der Waals surface area (Å²) in [5.74, 6) is -0.303. The summed E-state index contributed by atoms with van der Waals surface area (Å²) < 4.78 is 0. The third kappa shape index (κ3) is 2.92. The molecule has 1 aromatic carbocycles. The molecule has 1 unspecified atom stereocenters. The summed E-state index contributed by atoms with van der Waals surface area (Å²) in [7, 11) is 0. The highest BCUT2D eigenvalue weighted by molar-refractivity contribution is 5.99. The van der Waals surface area contributed by atoms with Crippen molar-refractivity contribution in [3.8, 4) is 5.75 Å². The Hall–Kier alpha value is -2.04. The zero-order chi connectivity index (χ0) is 14.7. The minimum Gasteiger partial charge on any atom is -0.508 e. The van der Waals surface area contributed by atoms with E-state index < -0.39 is 6.04 Å². The van der Waals surface area contributed by atoms with Crippen LogP contribution in [0.1, 0.15) is 35.7 Å². The van der Waals surface area contributed by atoms with Crippen molar-refractivity contribution in [1.29, 1.82) is 0 Å². The Bertz CT molecular complexity index is 522. The smallest absolute Gasteiger partial charge is 0.252 e. The number of carbonyl (C=O) groups excluding carboxylic acids is 2. The first-order chi connectivity index (χ1) is 9.50. The highest BCUT2D eigenvalue weighted by atomic mass is 16.3. The molecule has 0 saturated carbocycles. The largest absolute Gasteiger partial charge is 0.508 e. The normalized spacial score (nSPS) is 16.0. The zero-order valence-corrected chi connectivity index (χ0v) is 11.8. The van der Waals surface area contributed by atoms with Crippen LogP contribution in [0, 0.1) is 6.92 Å². The molecular weight excluding hydrogens is 256 g/mol. The minimum absolute atomic E-state index is 0.0475. The lowest BCUT2D eigenvalue weighted by Gasteiger charge is -2.21. The molecule has 108 valence electrons. The molecule has 2 amide bonds. The van der Waals surface area contributed by atoms with Gasteiger partial charge in [0.1, 0.15) is 11.8 Å². The number of carbonyl (C=O) groups is 2. The van der Waals surface area contributed by atoms with Crippen LogP contribution in [0.4, 0.5) is 0 Å². The van der Waals surface area contributed by atoms with Crippen molar-refractivity contribution in [2.75, 3.05) is 13.1 Å². The number of aromatic hydroxyl groups is 1. The van der Waals surface area contributed by atoms with Crippen LogP contribution < -0.4 is 5.32 Å². The number of nitrogens with zero attached hydrogens (tertiary/aromatic N) is 1. The van der Waals surface area contributed by atoms with Crippen LogP contribution in [0.25, 0.3) is 0 Å².